The Labute approximate surface area is 198 Å². The molecule has 3 saturated heterocycles. The Morgan fingerprint density at radius 1 is 1.06 bits per heavy atom. The summed E-state index contributed by atoms with van der Waals surface area (Å²) in [5.41, 5.74) is 4.46. The normalized spacial score (nSPS) is 28.6. The van der Waals surface area contributed by atoms with Crippen LogP contribution in [0.2, 0.25) is 0 Å². The SMILES string of the molecule is CN(C)CCCC1(c2ccc(F)cc2)OCc2cc(CN(C)C3CN4CCC3CC4)ccc21. The van der Waals surface area contributed by atoms with Crippen LogP contribution in [0, 0.1) is 11.7 Å². The van der Waals surface area contributed by atoms with Crippen LogP contribution in [0.25, 0.3) is 0 Å². The molecule has 33 heavy (non-hydrogen) atoms. The first-order valence-corrected chi connectivity index (χ1v) is 12.5. The van der Waals surface area contributed by atoms with Gasteiger partial charge in [0, 0.05) is 19.1 Å². The fourth-order valence-electron chi connectivity index (χ4n) is 6.33. The monoisotopic (exact) mass is 451 g/mol. The molecule has 0 spiro atoms. The zero-order chi connectivity index (χ0) is 23.0. The van der Waals surface area contributed by atoms with Crippen molar-refractivity contribution in [2.24, 2.45) is 5.92 Å². The zero-order valence-electron chi connectivity index (χ0n) is 20.4. The van der Waals surface area contributed by atoms with Gasteiger partial charge in [-0.2, -0.15) is 0 Å². The standard InChI is InChI=1S/C28H38FN3O/c1-30(2)14-4-13-28(24-6-8-25(29)9-7-24)26-10-5-21(17-23(26)20-33-28)18-31(3)27-19-32-15-11-22(27)12-16-32/h5-10,17,22,27H,4,11-16,18-20H2,1-3H3. The smallest absolute Gasteiger partial charge is 0.123 e. The molecule has 4 nitrogen and oxygen atoms in total. The lowest BCUT2D eigenvalue weighted by Crippen LogP contribution is -2.56. The Morgan fingerprint density at radius 3 is 2.48 bits per heavy atom. The Balaban J connectivity index is 1.37. The van der Waals surface area contributed by atoms with Gasteiger partial charge in [-0.05, 0) is 107 Å². The quantitative estimate of drug-likeness (QED) is 0.590. The van der Waals surface area contributed by atoms with Crippen LogP contribution in [0.3, 0.4) is 0 Å². The van der Waals surface area contributed by atoms with Gasteiger partial charge in [-0.25, -0.2) is 4.39 Å². The van der Waals surface area contributed by atoms with Gasteiger partial charge in [0.15, 0.2) is 0 Å². The van der Waals surface area contributed by atoms with Crippen LogP contribution in [0.1, 0.15) is 47.9 Å². The van der Waals surface area contributed by atoms with Crippen molar-refractivity contribution in [2.75, 3.05) is 47.3 Å². The molecule has 4 aliphatic rings. The number of ether oxygens (including phenoxy) is 1. The number of hydrogen-bond donors (Lipinski definition) is 0. The van der Waals surface area contributed by atoms with Gasteiger partial charge in [0.1, 0.15) is 11.4 Å². The van der Waals surface area contributed by atoms with E-state index in [4.69, 9.17) is 4.74 Å². The second-order valence-corrected chi connectivity index (χ2v) is 10.6. The number of benzene rings is 2. The van der Waals surface area contributed by atoms with E-state index in [2.05, 4.69) is 54.0 Å². The lowest BCUT2D eigenvalue weighted by Gasteiger charge is -2.48. The molecule has 4 heterocycles. The fourth-order valence-corrected chi connectivity index (χ4v) is 6.33. The van der Waals surface area contributed by atoms with Gasteiger partial charge in [0.25, 0.3) is 0 Å². The summed E-state index contributed by atoms with van der Waals surface area (Å²) in [5, 5.41) is 0. The molecule has 0 N–H and O–H groups in total. The summed E-state index contributed by atoms with van der Waals surface area (Å²) in [5.74, 6) is 0.645. The molecule has 2 aromatic carbocycles. The van der Waals surface area contributed by atoms with Gasteiger partial charge in [0.05, 0.1) is 6.61 Å². The summed E-state index contributed by atoms with van der Waals surface area (Å²) in [6, 6.07) is 14.5. The minimum Gasteiger partial charge on any atom is -0.361 e. The highest BCUT2D eigenvalue weighted by Crippen LogP contribution is 2.45. The van der Waals surface area contributed by atoms with Crippen molar-refractivity contribution in [1.82, 2.24) is 14.7 Å². The number of piperidine rings is 3. The summed E-state index contributed by atoms with van der Waals surface area (Å²) in [7, 11) is 6.50. The van der Waals surface area contributed by atoms with E-state index in [9.17, 15) is 4.39 Å². The predicted molar refractivity (Wildman–Crippen MR) is 131 cm³/mol. The summed E-state index contributed by atoms with van der Waals surface area (Å²) in [6.07, 6.45) is 4.61. The van der Waals surface area contributed by atoms with E-state index in [0.717, 1.165) is 37.4 Å². The van der Waals surface area contributed by atoms with Gasteiger partial charge in [0.2, 0.25) is 0 Å². The Hall–Kier alpha value is -1.79. The lowest BCUT2D eigenvalue weighted by atomic mass is 9.81. The molecule has 6 rings (SSSR count). The van der Waals surface area contributed by atoms with Crippen molar-refractivity contribution in [2.45, 2.75) is 50.5 Å². The molecule has 3 fully saturated rings. The Morgan fingerprint density at radius 2 is 1.82 bits per heavy atom. The maximum Gasteiger partial charge on any atom is 0.123 e. The summed E-state index contributed by atoms with van der Waals surface area (Å²) in [4.78, 5) is 7.40. The van der Waals surface area contributed by atoms with Gasteiger partial charge in [-0.3, -0.25) is 4.90 Å². The predicted octanol–water partition coefficient (Wildman–Crippen LogP) is 4.47. The van der Waals surface area contributed by atoms with Gasteiger partial charge < -0.3 is 14.5 Å². The van der Waals surface area contributed by atoms with Crippen molar-refractivity contribution in [3.8, 4) is 0 Å². The molecule has 0 radical (unpaired) electrons. The van der Waals surface area contributed by atoms with E-state index in [1.54, 1.807) is 12.1 Å². The van der Waals surface area contributed by atoms with Crippen LogP contribution in [0.4, 0.5) is 4.39 Å². The number of nitrogens with zero attached hydrogens (tertiary/aromatic N) is 3. The van der Waals surface area contributed by atoms with Gasteiger partial charge in [-0.1, -0.05) is 30.3 Å². The Bertz CT molecular complexity index is 954. The lowest BCUT2D eigenvalue weighted by molar-refractivity contribution is -0.0140. The molecule has 4 aliphatic heterocycles. The van der Waals surface area contributed by atoms with Gasteiger partial charge >= 0.3 is 0 Å². The van der Waals surface area contributed by atoms with Gasteiger partial charge in [-0.15, -0.1) is 0 Å². The summed E-state index contributed by atoms with van der Waals surface area (Å²) < 4.78 is 20.3. The van der Waals surface area contributed by atoms with Crippen LogP contribution in [0.15, 0.2) is 42.5 Å². The van der Waals surface area contributed by atoms with E-state index in [0.29, 0.717) is 12.6 Å². The first-order chi connectivity index (χ1) is 15.9. The molecular formula is C28H38FN3O. The number of fused-ring (bicyclic) bond motifs is 4. The van der Waals surface area contributed by atoms with Crippen molar-refractivity contribution >= 4 is 0 Å². The molecule has 2 aromatic rings. The molecule has 0 aromatic heterocycles. The first-order valence-electron chi connectivity index (χ1n) is 12.5. The molecule has 5 heteroatoms. The van der Waals surface area contributed by atoms with E-state index in [1.165, 1.54) is 49.2 Å². The highest BCUT2D eigenvalue weighted by atomic mass is 19.1. The van der Waals surface area contributed by atoms with Crippen molar-refractivity contribution < 1.29 is 9.13 Å². The number of rotatable bonds is 8. The van der Waals surface area contributed by atoms with E-state index in [1.807, 2.05) is 12.1 Å². The number of halogens is 1. The minimum atomic E-state index is -0.487. The van der Waals surface area contributed by atoms with Crippen LogP contribution in [0.5, 0.6) is 0 Å². The second kappa shape index (κ2) is 9.46. The highest BCUT2D eigenvalue weighted by molar-refractivity contribution is 5.45. The molecule has 178 valence electrons. The van der Waals surface area contributed by atoms with Crippen LogP contribution >= 0.6 is 0 Å². The number of likely N-dealkylation sites (N-methyl/N-ethyl adjacent to an activating group) is 1. The third-order valence-electron chi connectivity index (χ3n) is 8.14. The first kappa shape index (κ1) is 23.0. The van der Waals surface area contributed by atoms with E-state index in [-0.39, 0.29) is 5.82 Å². The van der Waals surface area contributed by atoms with Crippen LogP contribution in [-0.2, 0) is 23.5 Å². The van der Waals surface area contributed by atoms with E-state index >= 15 is 0 Å². The third-order valence-corrected chi connectivity index (χ3v) is 8.14. The van der Waals surface area contributed by atoms with E-state index < -0.39 is 5.60 Å². The minimum absolute atomic E-state index is 0.202. The summed E-state index contributed by atoms with van der Waals surface area (Å²) >= 11 is 0. The van der Waals surface area contributed by atoms with Crippen molar-refractivity contribution in [3.05, 3.63) is 70.5 Å². The van der Waals surface area contributed by atoms with Crippen molar-refractivity contribution in [1.29, 1.82) is 0 Å². The molecule has 0 amide bonds. The third kappa shape index (κ3) is 4.61. The Kier molecular flexibility index (Phi) is 6.58. The molecule has 2 bridgehead atoms. The highest BCUT2D eigenvalue weighted by Gasteiger charge is 2.41. The molecule has 2 atom stereocenters. The summed E-state index contributed by atoms with van der Waals surface area (Å²) in [6.45, 7) is 6.38. The van der Waals surface area contributed by atoms with Crippen molar-refractivity contribution in [3.63, 3.8) is 0 Å². The maximum absolute atomic E-state index is 13.7. The molecule has 2 unspecified atom stereocenters. The molecule has 0 saturated carbocycles. The number of hydrogen-bond acceptors (Lipinski definition) is 4. The average molecular weight is 452 g/mol. The second-order valence-electron chi connectivity index (χ2n) is 10.6. The average Bonchev–Trinajstić information content (AvgIpc) is 3.19. The molecular weight excluding hydrogens is 413 g/mol. The fraction of sp³-hybridized carbons (Fsp3) is 0.571. The zero-order valence-corrected chi connectivity index (χ0v) is 20.4. The van der Waals surface area contributed by atoms with Crippen LogP contribution < -0.4 is 0 Å². The topological polar surface area (TPSA) is 19.0 Å². The maximum atomic E-state index is 13.7. The largest absolute Gasteiger partial charge is 0.361 e. The van der Waals surface area contributed by atoms with Crippen LogP contribution in [-0.4, -0.2) is 68.1 Å². The molecule has 0 aliphatic carbocycles.